The van der Waals surface area contributed by atoms with E-state index in [1.54, 1.807) is 6.33 Å². The summed E-state index contributed by atoms with van der Waals surface area (Å²) in [7, 11) is 0. The Hall–Kier alpha value is -3.91. The Balaban J connectivity index is 1.24. The van der Waals surface area contributed by atoms with Gasteiger partial charge in [0.25, 0.3) is 0 Å². The van der Waals surface area contributed by atoms with E-state index < -0.39 is 0 Å². The molecular formula is C28H28N6O2. The number of nitrogens with zero attached hydrogens (tertiary/aromatic N) is 4. The highest BCUT2D eigenvalue weighted by Crippen LogP contribution is 2.33. The number of pyridine rings is 3. The summed E-state index contributed by atoms with van der Waals surface area (Å²) in [4.78, 5) is 34.5. The number of H-pyrrole nitrogens is 1. The van der Waals surface area contributed by atoms with Crippen molar-refractivity contribution in [1.29, 1.82) is 0 Å². The van der Waals surface area contributed by atoms with Crippen LogP contribution in [0.4, 0.5) is 0 Å². The van der Waals surface area contributed by atoms with Crippen molar-refractivity contribution in [2.45, 2.75) is 38.7 Å². The van der Waals surface area contributed by atoms with Crippen LogP contribution in [0, 0.1) is 12.8 Å². The Kier molecular flexibility index (Phi) is 6.03. The van der Waals surface area contributed by atoms with E-state index in [2.05, 4.69) is 37.4 Å². The molecule has 0 radical (unpaired) electrons. The van der Waals surface area contributed by atoms with Crippen LogP contribution in [0.25, 0.3) is 39.4 Å². The SMILES string of the molecule is Cc1cccc(-c2nc[nH]c2-c2ccc3ncc(C4=CCC(C(=O)O[C@@H]5CCNC5)CC4)cc3n2)n1. The Labute approximate surface area is 209 Å². The zero-order valence-electron chi connectivity index (χ0n) is 20.2. The van der Waals surface area contributed by atoms with Gasteiger partial charge in [-0.05, 0) is 80.6 Å². The van der Waals surface area contributed by atoms with Crippen LogP contribution in [-0.4, -0.2) is 50.1 Å². The first kappa shape index (κ1) is 22.5. The van der Waals surface area contributed by atoms with Crippen molar-refractivity contribution < 1.29 is 9.53 Å². The summed E-state index contributed by atoms with van der Waals surface area (Å²) >= 11 is 0. The third kappa shape index (κ3) is 4.52. The quantitative estimate of drug-likeness (QED) is 0.406. The average molecular weight is 481 g/mol. The molecule has 182 valence electrons. The molecule has 1 aliphatic heterocycles. The summed E-state index contributed by atoms with van der Waals surface area (Å²) in [5, 5.41) is 3.24. The normalized spacial score (nSPS) is 19.9. The molecule has 0 saturated carbocycles. The van der Waals surface area contributed by atoms with Crippen LogP contribution in [0.3, 0.4) is 0 Å². The van der Waals surface area contributed by atoms with E-state index >= 15 is 0 Å². The summed E-state index contributed by atoms with van der Waals surface area (Å²) in [5.74, 6) is -0.137. The van der Waals surface area contributed by atoms with E-state index in [9.17, 15) is 4.79 Å². The Bertz CT molecular complexity index is 1450. The van der Waals surface area contributed by atoms with E-state index in [1.807, 2.05) is 43.5 Å². The molecule has 6 rings (SSSR count). The molecule has 8 heteroatoms. The van der Waals surface area contributed by atoms with Gasteiger partial charge in [-0.1, -0.05) is 12.1 Å². The van der Waals surface area contributed by atoms with Gasteiger partial charge in [0.2, 0.25) is 0 Å². The first-order valence-electron chi connectivity index (χ1n) is 12.5. The van der Waals surface area contributed by atoms with Crippen molar-refractivity contribution in [3.63, 3.8) is 0 Å². The second-order valence-electron chi connectivity index (χ2n) is 9.50. The highest BCUT2D eigenvalue weighted by molar-refractivity contribution is 5.84. The number of aromatic nitrogens is 5. The number of carbonyl (C=O) groups excluding carboxylic acids is 1. The molecule has 0 aromatic carbocycles. The van der Waals surface area contributed by atoms with E-state index in [0.29, 0.717) is 6.42 Å². The number of imidazole rings is 1. The second-order valence-corrected chi connectivity index (χ2v) is 9.50. The lowest BCUT2D eigenvalue weighted by molar-refractivity contribution is -0.153. The topological polar surface area (TPSA) is 106 Å². The van der Waals surface area contributed by atoms with Crippen molar-refractivity contribution in [3.8, 4) is 22.8 Å². The number of hydrogen-bond acceptors (Lipinski definition) is 7. The van der Waals surface area contributed by atoms with Gasteiger partial charge in [0.1, 0.15) is 11.8 Å². The first-order valence-corrected chi connectivity index (χ1v) is 12.5. The first-order chi connectivity index (χ1) is 17.6. The van der Waals surface area contributed by atoms with Gasteiger partial charge in [0, 0.05) is 18.4 Å². The Morgan fingerprint density at radius 1 is 1.06 bits per heavy atom. The lowest BCUT2D eigenvalue weighted by atomic mass is 9.87. The number of ether oxygens (including phenoxy) is 1. The largest absolute Gasteiger partial charge is 0.461 e. The standard InChI is InChI=1S/C28H28N6O2/c1-17-3-2-4-23(33-17)26-27(32-16-31-26)24-10-9-22-25(34-24)13-20(14-30-22)18-5-7-19(8-6-18)28(35)36-21-11-12-29-15-21/h2-5,9-10,13-14,16,19,21,29H,6-8,11-12,15H2,1H3,(H,31,32)/t19?,21-/m1/s1. The lowest BCUT2D eigenvalue weighted by Gasteiger charge is -2.22. The van der Waals surface area contributed by atoms with Crippen LogP contribution in [0.2, 0.25) is 0 Å². The Morgan fingerprint density at radius 2 is 2.00 bits per heavy atom. The highest BCUT2D eigenvalue weighted by Gasteiger charge is 2.27. The summed E-state index contributed by atoms with van der Waals surface area (Å²) in [6, 6.07) is 11.9. The van der Waals surface area contributed by atoms with E-state index in [4.69, 9.17) is 9.72 Å². The number of aryl methyl sites for hydroxylation is 1. The zero-order chi connectivity index (χ0) is 24.5. The van der Waals surface area contributed by atoms with Gasteiger partial charge in [0.15, 0.2) is 0 Å². The number of fused-ring (bicyclic) bond motifs is 1. The number of aromatic amines is 1. The highest BCUT2D eigenvalue weighted by atomic mass is 16.5. The maximum atomic E-state index is 12.6. The summed E-state index contributed by atoms with van der Waals surface area (Å²) in [5.41, 5.74) is 8.04. The molecular weight excluding hydrogens is 452 g/mol. The minimum atomic E-state index is -0.0691. The maximum Gasteiger partial charge on any atom is 0.309 e. The van der Waals surface area contributed by atoms with Crippen LogP contribution < -0.4 is 5.32 Å². The molecule has 2 atom stereocenters. The number of hydrogen-bond donors (Lipinski definition) is 2. The Morgan fingerprint density at radius 3 is 2.81 bits per heavy atom. The van der Waals surface area contributed by atoms with Gasteiger partial charge in [-0.15, -0.1) is 0 Å². The summed E-state index contributed by atoms with van der Waals surface area (Å²) < 4.78 is 5.68. The minimum absolute atomic E-state index is 0.0184. The number of carbonyl (C=O) groups is 1. The third-order valence-electron chi connectivity index (χ3n) is 6.98. The molecule has 4 aromatic rings. The van der Waals surface area contributed by atoms with Gasteiger partial charge in [0.05, 0.1) is 40.4 Å². The van der Waals surface area contributed by atoms with Crippen LogP contribution in [0.15, 0.2) is 55.0 Å². The molecule has 36 heavy (non-hydrogen) atoms. The number of esters is 1. The fourth-order valence-electron chi connectivity index (χ4n) is 4.98. The van der Waals surface area contributed by atoms with Gasteiger partial charge in [-0.2, -0.15) is 0 Å². The predicted molar refractivity (Wildman–Crippen MR) is 138 cm³/mol. The molecule has 8 nitrogen and oxygen atoms in total. The van der Waals surface area contributed by atoms with Crippen LogP contribution in [0.5, 0.6) is 0 Å². The molecule has 1 saturated heterocycles. The van der Waals surface area contributed by atoms with E-state index in [-0.39, 0.29) is 18.0 Å². The predicted octanol–water partition coefficient (Wildman–Crippen LogP) is 4.48. The molecule has 2 aliphatic rings. The minimum Gasteiger partial charge on any atom is -0.461 e. The maximum absolute atomic E-state index is 12.6. The lowest BCUT2D eigenvalue weighted by Crippen LogP contribution is -2.26. The van der Waals surface area contributed by atoms with E-state index in [0.717, 1.165) is 77.4 Å². The number of rotatable bonds is 5. The van der Waals surface area contributed by atoms with Crippen molar-refractivity contribution in [2.75, 3.05) is 13.1 Å². The molecule has 4 aromatic heterocycles. The molecule has 1 unspecified atom stereocenters. The molecule has 5 heterocycles. The third-order valence-corrected chi connectivity index (χ3v) is 6.98. The average Bonchev–Trinajstić information content (AvgIpc) is 3.61. The molecule has 2 N–H and O–H groups in total. The number of nitrogens with one attached hydrogen (secondary N) is 2. The monoisotopic (exact) mass is 480 g/mol. The van der Waals surface area contributed by atoms with Gasteiger partial charge in [-0.25, -0.2) is 9.97 Å². The van der Waals surface area contributed by atoms with Crippen molar-refractivity contribution in [3.05, 3.63) is 66.3 Å². The van der Waals surface area contributed by atoms with Crippen molar-refractivity contribution in [2.24, 2.45) is 5.92 Å². The van der Waals surface area contributed by atoms with Crippen molar-refractivity contribution in [1.82, 2.24) is 30.2 Å². The van der Waals surface area contributed by atoms with Crippen LogP contribution in [0.1, 0.15) is 36.9 Å². The molecule has 0 amide bonds. The van der Waals surface area contributed by atoms with Crippen LogP contribution >= 0.6 is 0 Å². The summed E-state index contributed by atoms with van der Waals surface area (Å²) in [6.07, 6.45) is 8.95. The molecule has 1 fully saturated rings. The fraction of sp³-hybridized carbons (Fsp3) is 0.321. The number of allylic oxidation sites excluding steroid dienone is 2. The van der Waals surface area contributed by atoms with E-state index in [1.165, 1.54) is 5.57 Å². The van der Waals surface area contributed by atoms with Gasteiger partial charge < -0.3 is 15.0 Å². The van der Waals surface area contributed by atoms with Gasteiger partial charge >= 0.3 is 5.97 Å². The second kappa shape index (κ2) is 9.62. The summed E-state index contributed by atoms with van der Waals surface area (Å²) in [6.45, 7) is 3.65. The van der Waals surface area contributed by atoms with Gasteiger partial charge in [-0.3, -0.25) is 14.8 Å². The van der Waals surface area contributed by atoms with Crippen molar-refractivity contribution >= 4 is 22.6 Å². The zero-order valence-corrected chi connectivity index (χ0v) is 20.2. The molecule has 0 bridgehead atoms. The fourth-order valence-corrected chi connectivity index (χ4v) is 4.98. The van der Waals surface area contributed by atoms with Crippen LogP contribution in [-0.2, 0) is 9.53 Å². The molecule has 1 aliphatic carbocycles. The smallest absolute Gasteiger partial charge is 0.309 e. The molecule has 0 spiro atoms.